The summed E-state index contributed by atoms with van der Waals surface area (Å²) in [5, 5.41) is 0. The number of aryl methyl sites for hydroxylation is 1. The highest BCUT2D eigenvalue weighted by atomic mass is 15.0. The van der Waals surface area contributed by atoms with Gasteiger partial charge in [0.25, 0.3) is 0 Å². The summed E-state index contributed by atoms with van der Waals surface area (Å²) in [7, 11) is 0. The van der Waals surface area contributed by atoms with Gasteiger partial charge < -0.3 is 0 Å². The molecule has 3 aromatic heterocycles. The molecular formula is C40H35N5. The Kier molecular flexibility index (Phi) is 9.07. The Bertz CT molecular complexity index is 1910. The van der Waals surface area contributed by atoms with Crippen molar-refractivity contribution in [1.82, 2.24) is 24.9 Å². The summed E-state index contributed by atoms with van der Waals surface area (Å²) < 4.78 is 0. The van der Waals surface area contributed by atoms with Crippen molar-refractivity contribution in [3.8, 4) is 56.5 Å². The van der Waals surface area contributed by atoms with Crippen LogP contribution in [0.2, 0.25) is 0 Å². The molecule has 1 aliphatic rings. The highest BCUT2D eigenvalue weighted by Crippen LogP contribution is 2.34. The Morgan fingerprint density at radius 3 is 1.71 bits per heavy atom. The van der Waals surface area contributed by atoms with Gasteiger partial charge in [-0.1, -0.05) is 98.8 Å². The lowest BCUT2D eigenvalue weighted by atomic mass is 9.95. The second kappa shape index (κ2) is 13.8. The van der Waals surface area contributed by atoms with Crippen LogP contribution in [0.5, 0.6) is 0 Å². The monoisotopic (exact) mass is 585 g/mol. The van der Waals surface area contributed by atoms with Gasteiger partial charge in [-0.05, 0) is 72.9 Å². The lowest BCUT2D eigenvalue weighted by Gasteiger charge is -2.14. The minimum Gasteiger partial charge on any atom is -0.264 e. The minimum atomic E-state index is 0.602. The molecule has 3 aromatic carbocycles. The van der Waals surface area contributed by atoms with E-state index in [4.69, 9.17) is 19.9 Å². The van der Waals surface area contributed by atoms with E-state index in [2.05, 4.69) is 66.5 Å². The van der Waals surface area contributed by atoms with Crippen molar-refractivity contribution >= 4 is 5.57 Å². The fraction of sp³-hybridized carbons (Fsp3) is 0.125. The number of aromatic nitrogens is 5. The number of pyridine rings is 2. The van der Waals surface area contributed by atoms with Crippen molar-refractivity contribution in [3.05, 3.63) is 145 Å². The van der Waals surface area contributed by atoms with Crippen molar-refractivity contribution in [2.24, 2.45) is 0 Å². The van der Waals surface area contributed by atoms with E-state index < -0.39 is 0 Å². The molecule has 0 N–H and O–H groups in total. The van der Waals surface area contributed by atoms with Crippen molar-refractivity contribution in [1.29, 1.82) is 0 Å². The second-order valence-corrected chi connectivity index (χ2v) is 10.6. The molecule has 0 atom stereocenters. The highest BCUT2D eigenvalue weighted by Gasteiger charge is 2.16. The van der Waals surface area contributed by atoms with Crippen molar-refractivity contribution in [2.45, 2.75) is 33.6 Å². The number of hydrogen-bond acceptors (Lipinski definition) is 5. The standard InChI is InChI=1S/C38H29N5.C2H6/c1-26-20-31(27-12-5-2-6-13-27)24-35(40-26)33-21-32(30-18-11-19-39-25-30)22-34(23-33)38-42-36(28-14-7-3-8-15-28)41-37(43-38)29-16-9-4-10-17-29;1-2/h3-5,7-25H,2,6H2,1H3;1-2H3. The predicted molar refractivity (Wildman–Crippen MR) is 185 cm³/mol. The van der Waals surface area contributed by atoms with Gasteiger partial charge in [0, 0.05) is 45.9 Å². The number of allylic oxidation sites excluding steroid dienone is 4. The predicted octanol–water partition coefficient (Wildman–Crippen LogP) is 10.1. The van der Waals surface area contributed by atoms with Gasteiger partial charge in [-0.2, -0.15) is 0 Å². The van der Waals surface area contributed by atoms with E-state index in [-0.39, 0.29) is 0 Å². The summed E-state index contributed by atoms with van der Waals surface area (Å²) >= 11 is 0. The van der Waals surface area contributed by atoms with Crippen molar-refractivity contribution < 1.29 is 0 Å². The summed E-state index contributed by atoms with van der Waals surface area (Å²) in [6.07, 6.45) is 12.6. The van der Waals surface area contributed by atoms with Gasteiger partial charge in [0.15, 0.2) is 17.5 Å². The van der Waals surface area contributed by atoms with E-state index in [0.717, 1.165) is 57.6 Å². The van der Waals surface area contributed by atoms with Gasteiger partial charge in [0.05, 0.1) is 5.69 Å². The van der Waals surface area contributed by atoms with Gasteiger partial charge in [0.1, 0.15) is 0 Å². The molecule has 0 amide bonds. The van der Waals surface area contributed by atoms with Crippen molar-refractivity contribution in [2.75, 3.05) is 0 Å². The molecule has 5 nitrogen and oxygen atoms in total. The first-order chi connectivity index (χ1) is 22.2. The van der Waals surface area contributed by atoms with Crippen LogP contribution in [0.3, 0.4) is 0 Å². The molecule has 45 heavy (non-hydrogen) atoms. The Hall–Kier alpha value is -5.55. The van der Waals surface area contributed by atoms with Gasteiger partial charge in [0.2, 0.25) is 0 Å². The first-order valence-corrected chi connectivity index (χ1v) is 15.5. The van der Waals surface area contributed by atoms with Gasteiger partial charge in [-0.15, -0.1) is 0 Å². The molecule has 220 valence electrons. The Morgan fingerprint density at radius 1 is 0.511 bits per heavy atom. The molecular weight excluding hydrogens is 550 g/mol. The molecule has 7 rings (SSSR count). The zero-order chi connectivity index (χ0) is 31.0. The largest absolute Gasteiger partial charge is 0.264 e. The third kappa shape index (κ3) is 6.84. The maximum Gasteiger partial charge on any atom is 0.164 e. The molecule has 0 unspecified atom stereocenters. The average molecular weight is 586 g/mol. The zero-order valence-corrected chi connectivity index (χ0v) is 25.9. The SMILES string of the molecule is CC.Cc1cc(C2=CCCC=C2)cc(-c2cc(-c3cccnc3)cc(-c3nc(-c4ccccc4)nc(-c4ccccc4)n3)c2)n1. The van der Waals surface area contributed by atoms with E-state index in [1.165, 1.54) is 11.1 Å². The van der Waals surface area contributed by atoms with Crippen molar-refractivity contribution in [3.63, 3.8) is 0 Å². The number of benzene rings is 3. The van der Waals surface area contributed by atoms with E-state index >= 15 is 0 Å². The van der Waals surface area contributed by atoms with E-state index in [1.54, 1.807) is 6.20 Å². The van der Waals surface area contributed by atoms with Crippen LogP contribution in [0.25, 0.3) is 62.1 Å². The molecule has 0 saturated heterocycles. The van der Waals surface area contributed by atoms with E-state index in [1.807, 2.05) is 86.8 Å². The van der Waals surface area contributed by atoms with Crippen LogP contribution >= 0.6 is 0 Å². The number of hydrogen-bond donors (Lipinski definition) is 0. The normalized spacial score (nSPS) is 12.2. The maximum atomic E-state index is 5.00. The molecule has 0 spiro atoms. The molecule has 0 fully saturated rings. The third-order valence-corrected chi connectivity index (χ3v) is 7.46. The molecule has 5 heteroatoms. The molecule has 0 saturated carbocycles. The van der Waals surface area contributed by atoms with E-state index in [0.29, 0.717) is 17.5 Å². The summed E-state index contributed by atoms with van der Waals surface area (Å²) in [5.74, 6) is 1.86. The molecule has 3 heterocycles. The Labute approximate surface area is 265 Å². The lowest BCUT2D eigenvalue weighted by Crippen LogP contribution is -2.01. The fourth-order valence-electron chi connectivity index (χ4n) is 5.35. The van der Waals surface area contributed by atoms with Crippen LogP contribution < -0.4 is 0 Å². The summed E-state index contributed by atoms with van der Waals surface area (Å²) in [6, 6.07) is 34.9. The number of rotatable bonds is 6. The molecule has 1 aliphatic carbocycles. The smallest absolute Gasteiger partial charge is 0.164 e. The van der Waals surface area contributed by atoms with Gasteiger partial charge in [-0.25, -0.2) is 15.0 Å². The fourth-order valence-corrected chi connectivity index (χ4v) is 5.35. The minimum absolute atomic E-state index is 0.602. The van der Waals surface area contributed by atoms with Gasteiger partial charge in [-0.3, -0.25) is 9.97 Å². The molecule has 0 radical (unpaired) electrons. The summed E-state index contributed by atoms with van der Waals surface area (Å²) in [6.45, 7) is 6.05. The second-order valence-electron chi connectivity index (χ2n) is 10.6. The quantitative estimate of drug-likeness (QED) is 0.195. The maximum absolute atomic E-state index is 5.00. The first kappa shape index (κ1) is 29.5. The summed E-state index contributed by atoms with van der Waals surface area (Å²) in [5.41, 5.74) is 10.1. The summed E-state index contributed by atoms with van der Waals surface area (Å²) in [4.78, 5) is 24.2. The lowest BCUT2D eigenvalue weighted by molar-refractivity contribution is 1.04. The number of nitrogens with zero attached hydrogens (tertiary/aromatic N) is 5. The van der Waals surface area contributed by atoms with Crippen LogP contribution in [0.1, 0.15) is 37.9 Å². The Balaban J connectivity index is 0.00000175. The third-order valence-electron chi connectivity index (χ3n) is 7.46. The van der Waals surface area contributed by atoms with Crippen LogP contribution in [0.4, 0.5) is 0 Å². The molecule has 0 aliphatic heterocycles. The molecule has 0 bridgehead atoms. The average Bonchev–Trinajstić information content (AvgIpc) is 3.13. The Morgan fingerprint density at radius 2 is 1.11 bits per heavy atom. The van der Waals surface area contributed by atoms with Crippen LogP contribution in [-0.2, 0) is 0 Å². The zero-order valence-electron chi connectivity index (χ0n) is 25.9. The van der Waals surface area contributed by atoms with Gasteiger partial charge >= 0.3 is 0 Å². The topological polar surface area (TPSA) is 64.5 Å². The first-order valence-electron chi connectivity index (χ1n) is 15.5. The van der Waals surface area contributed by atoms with E-state index in [9.17, 15) is 0 Å². The molecule has 6 aromatic rings. The highest BCUT2D eigenvalue weighted by molar-refractivity contribution is 5.82. The van der Waals surface area contributed by atoms with Crippen LogP contribution in [-0.4, -0.2) is 24.9 Å². The van der Waals surface area contributed by atoms with Crippen LogP contribution in [0, 0.1) is 6.92 Å². The van der Waals surface area contributed by atoms with Crippen LogP contribution in [0.15, 0.2) is 134 Å².